The highest BCUT2D eigenvalue weighted by Gasteiger charge is 2.37. The number of aromatic nitrogens is 3. The molecule has 2 aromatic heterocycles. The van der Waals surface area contributed by atoms with Crippen molar-refractivity contribution in [2.45, 2.75) is 32.5 Å². The number of pyridine rings is 1. The number of carbonyl (C=O) groups is 1. The van der Waals surface area contributed by atoms with Crippen LogP contribution in [0.25, 0.3) is 5.82 Å². The van der Waals surface area contributed by atoms with Crippen LogP contribution >= 0.6 is 11.6 Å². The Morgan fingerprint density at radius 3 is 2.75 bits per heavy atom. The molecule has 10 heteroatoms. The lowest BCUT2D eigenvalue weighted by molar-refractivity contribution is -0.137. The van der Waals surface area contributed by atoms with E-state index in [4.69, 9.17) is 16.3 Å². The van der Waals surface area contributed by atoms with Crippen molar-refractivity contribution in [3.8, 4) is 11.6 Å². The third-order valence-corrected chi connectivity index (χ3v) is 5.83. The Hall–Kier alpha value is -3.07. The van der Waals surface area contributed by atoms with Gasteiger partial charge in [0.05, 0.1) is 40.2 Å². The first-order valence-corrected chi connectivity index (χ1v) is 10.4. The molecule has 0 saturated carbocycles. The number of fused-ring (bicyclic) bond motifs is 1. The average molecular weight is 465 g/mol. The van der Waals surface area contributed by atoms with Crippen LogP contribution in [0.5, 0.6) is 5.75 Å². The number of carbonyl (C=O) groups excluding carboxylic acids is 1. The lowest BCUT2D eigenvalue weighted by Crippen LogP contribution is -2.39. The number of hydrogen-bond acceptors (Lipinski definition) is 4. The van der Waals surface area contributed by atoms with Crippen molar-refractivity contribution < 1.29 is 22.7 Å². The van der Waals surface area contributed by atoms with Crippen LogP contribution in [0, 0.1) is 0 Å². The monoisotopic (exact) mass is 464 g/mol. The van der Waals surface area contributed by atoms with Crippen molar-refractivity contribution in [1.82, 2.24) is 19.4 Å². The molecule has 1 aromatic carbocycles. The summed E-state index contributed by atoms with van der Waals surface area (Å²) in [5.74, 6) is 0.634. The fourth-order valence-electron chi connectivity index (χ4n) is 3.91. The molecule has 0 radical (unpaired) electrons. The predicted octanol–water partition coefficient (Wildman–Crippen LogP) is 5.10. The average Bonchev–Trinajstić information content (AvgIpc) is 3.18. The number of imidazole rings is 1. The summed E-state index contributed by atoms with van der Waals surface area (Å²) in [7, 11) is 0. The molecule has 168 valence electrons. The second-order valence-corrected chi connectivity index (χ2v) is 7.67. The maximum atomic E-state index is 13.2. The zero-order valence-electron chi connectivity index (χ0n) is 17.4. The second kappa shape index (κ2) is 8.46. The van der Waals surface area contributed by atoms with Crippen molar-refractivity contribution in [2.75, 3.05) is 13.2 Å². The summed E-state index contributed by atoms with van der Waals surface area (Å²) in [6.07, 6.45) is -0.920. The fraction of sp³-hybridized carbons (Fsp3) is 0.318. The molecule has 32 heavy (non-hydrogen) atoms. The quantitative estimate of drug-likeness (QED) is 0.539. The Bertz CT molecular complexity index is 1160. The number of alkyl halides is 3. The lowest BCUT2D eigenvalue weighted by Gasteiger charge is -2.33. The Kier molecular flexibility index (Phi) is 5.85. The molecule has 0 N–H and O–H groups in total. The summed E-state index contributed by atoms with van der Waals surface area (Å²) in [6.45, 7) is 4.44. The molecule has 4 rings (SSSR count). The van der Waals surface area contributed by atoms with Crippen LogP contribution < -0.4 is 4.74 Å². The van der Waals surface area contributed by atoms with Gasteiger partial charge in [-0.05, 0) is 38.1 Å². The molecule has 0 fully saturated rings. The molecule has 0 saturated heterocycles. The zero-order valence-corrected chi connectivity index (χ0v) is 18.1. The van der Waals surface area contributed by atoms with E-state index < -0.39 is 28.7 Å². The number of amides is 1. The third kappa shape index (κ3) is 3.81. The van der Waals surface area contributed by atoms with Crippen LogP contribution in [0.3, 0.4) is 0 Å². The van der Waals surface area contributed by atoms with Crippen molar-refractivity contribution in [3.63, 3.8) is 0 Å². The van der Waals surface area contributed by atoms with Gasteiger partial charge in [-0.2, -0.15) is 13.2 Å². The molecule has 0 spiro atoms. The third-order valence-electron chi connectivity index (χ3n) is 5.43. The van der Waals surface area contributed by atoms with E-state index in [1.54, 1.807) is 25.5 Å². The SMILES string of the molecule is CCOc1cccnc1-n1cnc2c1CCN(C(=O)c1cccc(C(F)(F)F)c1Cl)[C@@H]2C. The Morgan fingerprint density at radius 2 is 2.03 bits per heavy atom. The molecular formula is C22H20ClF3N4O2. The van der Waals surface area contributed by atoms with Crippen molar-refractivity contribution >= 4 is 17.5 Å². The highest BCUT2D eigenvalue weighted by Crippen LogP contribution is 2.38. The summed E-state index contributed by atoms with van der Waals surface area (Å²) < 4.78 is 47.2. The van der Waals surface area contributed by atoms with Crippen molar-refractivity contribution in [3.05, 3.63) is 70.4 Å². The van der Waals surface area contributed by atoms with Crippen molar-refractivity contribution in [1.29, 1.82) is 0 Å². The largest absolute Gasteiger partial charge is 0.490 e. The van der Waals surface area contributed by atoms with Crippen LogP contribution in [0.1, 0.15) is 47.2 Å². The van der Waals surface area contributed by atoms with E-state index in [0.29, 0.717) is 36.8 Å². The zero-order chi connectivity index (χ0) is 23.0. The first kappa shape index (κ1) is 22.1. The minimum Gasteiger partial charge on any atom is -0.490 e. The predicted molar refractivity (Wildman–Crippen MR) is 112 cm³/mol. The van der Waals surface area contributed by atoms with Gasteiger partial charge < -0.3 is 9.64 Å². The van der Waals surface area contributed by atoms with E-state index in [1.807, 2.05) is 17.6 Å². The second-order valence-electron chi connectivity index (χ2n) is 7.29. The van der Waals surface area contributed by atoms with Crippen LogP contribution in [0.4, 0.5) is 13.2 Å². The topological polar surface area (TPSA) is 60.2 Å². The number of hydrogen-bond donors (Lipinski definition) is 0. The summed E-state index contributed by atoms with van der Waals surface area (Å²) in [5.41, 5.74) is 0.315. The maximum absolute atomic E-state index is 13.2. The highest BCUT2D eigenvalue weighted by molar-refractivity contribution is 6.34. The Balaban J connectivity index is 1.67. The molecule has 0 unspecified atom stereocenters. The van der Waals surface area contributed by atoms with Gasteiger partial charge in [0.15, 0.2) is 11.6 Å². The maximum Gasteiger partial charge on any atom is 0.417 e. The number of rotatable bonds is 4. The van der Waals surface area contributed by atoms with Gasteiger partial charge in [0.1, 0.15) is 6.33 Å². The summed E-state index contributed by atoms with van der Waals surface area (Å²) in [5, 5.41) is -0.594. The Morgan fingerprint density at radius 1 is 1.25 bits per heavy atom. The van der Waals surface area contributed by atoms with Gasteiger partial charge in [-0.1, -0.05) is 17.7 Å². The first-order chi connectivity index (χ1) is 15.2. The van der Waals surface area contributed by atoms with E-state index in [1.165, 1.54) is 17.0 Å². The molecule has 3 aromatic rings. The van der Waals surface area contributed by atoms with Gasteiger partial charge in [0.25, 0.3) is 5.91 Å². The molecule has 6 nitrogen and oxygen atoms in total. The van der Waals surface area contributed by atoms with Gasteiger partial charge in [-0.15, -0.1) is 0 Å². The van der Waals surface area contributed by atoms with Gasteiger partial charge in [-0.3, -0.25) is 9.36 Å². The summed E-state index contributed by atoms with van der Waals surface area (Å²) >= 11 is 5.98. The van der Waals surface area contributed by atoms with Crippen molar-refractivity contribution in [2.24, 2.45) is 0 Å². The Labute approximate surface area is 187 Å². The normalized spacial score (nSPS) is 16.1. The van der Waals surface area contributed by atoms with E-state index in [-0.39, 0.29) is 5.56 Å². The summed E-state index contributed by atoms with van der Waals surface area (Å²) in [6, 6.07) is 6.49. The fourth-order valence-corrected chi connectivity index (χ4v) is 4.23. The minimum atomic E-state index is -4.65. The molecule has 1 aliphatic heterocycles. The van der Waals surface area contributed by atoms with Gasteiger partial charge in [-0.25, -0.2) is 9.97 Å². The molecular weight excluding hydrogens is 445 g/mol. The van der Waals surface area contributed by atoms with Gasteiger partial charge in [0, 0.05) is 19.2 Å². The number of benzene rings is 1. The van der Waals surface area contributed by atoms with Gasteiger partial charge in [0.2, 0.25) is 0 Å². The lowest BCUT2D eigenvalue weighted by atomic mass is 10.0. The molecule has 0 aliphatic carbocycles. The van der Waals surface area contributed by atoms with E-state index in [0.717, 1.165) is 11.8 Å². The molecule has 1 aliphatic rings. The van der Waals surface area contributed by atoms with Crippen LogP contribution in [0.2, 0.25) is 5.02 Å². The molecule has 1 atom stereocenters. The molecule has 1 amide bonds. The van der Waals surface area contributed by atoms with Crippen LogP contribution in [0.15, 0.2) is 42.9 Å². The molecule has 3 heterocycles. The van der Waals surface area contributed by atoms with Gasteiger partial charge >= 0.3 is 6.18 Å². The highest BCUT2D eigenvalue weighted by atomic mass is 35.5. The first-order valence-electron chi connectivity index (χ1n) is 10.0. The minimum absolute atomic E-state index is 0.181. The number of ether oxygens (including phenoxy) is 1. The van der Waals surface area contributed by atoms with E-state index >= 15 is 0 Å². The molecule has 0 bridgehead atoms. The smallest absolute Gasteiger partial charge is 0.417 e. The standard InChI is InChI=1S/C22H20ClF3N4O2/c1-3-32-17-8-5-10-27-20(17)30-12-28-19-13(2)29(11-9-16(19)30)21(31)14-6-4-7-15(18(14)23)22(24,25)26/h4-8,10,12-13H,3,9,11H2,1-2H3/t13-/m1/s1. The number of nitrogens with zero attached hydrogens (tertiary/aromatic N) is 4. The summed E-state index contributed by atoms with van der Waals surface area (Å²) in [4.78, 5) is 23.5. The van der Waals surface area contributed by atoms with Crippen LogP contribution in [-0.4, -0.2) is 38.5 Å². The van der Waals surface area contributed by atoms with E-state index in [2.05, 4.69) is 9.97 Å². The number of halogens is 4. The van der Waals surface area contributed by atoms with E-state index in [9.17, 15) is 18.0 Å². The van der Waals surface area contributed by atoms with Crippen LogP contribution in [-0.2, 0) is 12.6 Å².